The Hall–Kier alpha value is -3.98. The second-order valence-electron chi connectivity index (χ2n) is 10.2. The monoisotopic (exact) mass is 518 g/mol. The van der Waals surface area contributed by atoms with Gasteiger partial charge in [0.05, 0.1) is 16.6 Å². The number of amides is 1. The highest BCUT2D eigenvalue weighted by molar-refractivity contribution is 5.95. The van der Waals surface area contributed by atoms with Crippen LogP contribution in [-0.4, -0.2) is 52.1 Å². The number of carbonyl (C=O) groups is 1. The number of hydrogen-bond acceptors (Lipinski definition) is 4. The minimum Gasteiger partial charge on any atom is -0.338 e. The number of carbonyl (C=O) groups excluding carboxylic acids is 1. The standard InChI is InChI=1S/C29H25F3N4O2/c30-21-7-6-18(26(32)11-21)12-35-13-19-15-36(16-20(19)14-35)29(38)24-9-17(5-8-25(24)31)10-27-22-3-1-2-4-23(22)28(37)34-33-27/h1-9,11,19-20H,10,12-16H2,(H,34,37). The van der Waals surface area contributed by atoms with Gasteiger partial charge in [-0.15, -0.1) is 0 Å². The Kier molecular flexibility index (Phi) is 6.23. The number of halogens is 3. The van der Waals surface area contributed by atoms with Gasteiger partial charge in [0.25, 0.3) is 11.5 Å². The summed E-state index contributed by atoms with van der Waals surface area (Å²) >= 11 is 0. The Morgan fingerprint density at radius 3 is 2.37 bits per heavy atom. The SMILES string of the molecule is O=C(c1cc(Cc2n[nH]c(=O)c3ccccc23)ccc1F)N1CC2CN(Cc3ccc(F)cc3F)CC2C1. The molecule has 0 bridgehead atoms. The van der Waals surface area contributed by atoms with Gasteiger partial charge in [-0.3, -0.25) is 14.5 Å². The molecule has 9 heteroatoms. The molecule has 2 atom stereocenters. The van der Waals surface area contributed by atoms with E-state index >= 15 is 0 Å². The lowest BCUT2D eigenvalue weighted by atomic mass is 10.0. The van der Waals surface area contributed by atoms with Gasteiger partial charge in [-0.05, 0) is 41.7 Å². The zero-order valence-electron chi connectivity index (χ0n) is 20.5. The van der Waals surface area contributed by atoms with Crippen molar-refractivity contribution in [2.24, 2.45) is 11.8 Å². The second-order valence-corrected chi connectivity index (χ2v) is 10.2. The molecular weight excluding hydrogens is 493 g/mol. The molecule has 2 aliphatic rings. The molecule has 38 heavy (non-hydrogen) atoms. The minimum atomic E-state index is -0.599. The van der Waals surface area contributed by atoms with Crippen molar-refractivity contribution in [3.8, 4) is 0 Å². The normalized spacial score (nSPS) is 19.3. The predicted octanol–water partition coefficient (Wildman–Crippen LogP) is 4.14. The van der Waals surface area contributed by atoms with E-state index in [1.54, 1.807) is 29.2 Å². The van der Waals surface area contributed by atoms with Crippen molar-refractivity contribution < 1.29 is 18.0 Å². The van der Waals surface area contributed by atoms with Crippen LogP contribution in [0.5, 0.6) is 0 Å². The summed E-state index contributed by atoms with van der Waals surface area (Å²) in [7, 11) is 0. The molecule has 2 aliphatic heterocycles. The van der Waals surface area contributed by atoms with E-state index in [-0.39, 0.29) is 28.9 Å². The number of likely N-dealkylation sites (tertiary alicyclic amines) is 2. The van der Waals surface area contributed by atoms with E-state index in [1.165, 1.54) is 18.2 Å². The van der Waals surface area contributed by atoms with Crippen LogP contribution in [0.15, 0.2) is 65.5 Å². The highest BCUT2D eigenvalue weighted by Crippen LogP contribution is 2.33. The van der Waals surface area contributed by atoms with Crippen LogP contribution in [0.1, 0.15) is 27.2 Å². The highest BCUT2D eigenvalue weighted by Gasteiger charge is 2.42. The average Bonchev–Trinajstić information content (AvgIpc) is 3.47. The van der Waals surface area contributed by atoms with Crippen LogP contribution < -0.4 is 5.56 Å². The summed E-state index contributed by atoms with van der Waals surface area (Å²) in [5, 5.41) is 7.93. The molecular formula is C29H25F3N4O2. The first-order valence-corrected chi connectivity index (χ1v) is 12.6. The molecule has 6 rings (SSSR count). The summed E-state index contributed by atoms with van der Waals surface area (Å²) < 4.78 is 42.1. The van der Waals surface area contributed by atoms with Crippen LogP contribution in [-0.2, 0) is 13.0 Å². The first-order valence-electron chi connectivity index (χ1n) is 12.6. The Balaban J connectivity index is 1.15. The third-order valence-corrected chi connectivity index (χ3v) is 7.67. The smallest absolute Gasteiger partial charge is 0.272 e. The fourth-order valence-electron chi connectivity index (χ4n) is 5.79. The number of H-pyrrole nitrogens is 1. The van der Waals surface area contributed by atoms with E-state index in [4.69, 9.17) is 0 Å². The van der Waals surface area contributed by atoms with Crippen molar-refractivity contribution in [1.82, 2.24) is 20.0 Å². The van der Waals surface area contributed by atoms with Gasteiger partial charge >= 0.3 is 0 Å². The number of nitrogens with one attached hydrogen (secondary N) is 1. The van der Waals surface area contributed by atoms with Crippen LogP contribution in [0.3, 0.4) is 0 Å². The topological polar surface area (TPSA) is 69.3 Å². The van der Waals surface area contributed by atoms with E-state index in [0.717, 1.165) is 6.07 Å². The van der Waals surface area contributed by atoms with Crippen molar-refractivity contribution in [2.45, 2.75) is 13.0 Å². The lowest BCUT2D eigenvalue weighted by molar-refractivity contribution is 0.0768. The summed E-state index contributed by atoms with van der Waals surface area (Å²) in [4.78, 5) is 29.2. The molecule has 194 valence electrons. The fraction of sp³-hybridized carbons (Fsp3) is 0.276. The van der Waals surface area contributed by atoms with Gasteiger partial charge in [0.1, 0.15) is 17.5 Å². The minimum absolute atomic E-state index is 0.0152. The van der Waals surface area contributed by atoms with Crippen LogP contribution in [0.4, 0.5) is 13.2 Å². The molecule has 4 aromatic rings. The molecule has 2 unspecified atom stereocenters. The highest BCUT2D eigenvalue weighted by atomic mass is 19.1. The molecule has 0 saturated carbocycles. The molecule has 0 radical (unpaired) electrons. The summed E-state index contributed by atoms with van der Waals surface area (Å²) in [6.07, 6.45) is 0.331. The molecule has 3 heterocycles. The van der Waals surface area contributed by atoms with E-state index in [2.05, 4.69) is 15.1 Å². The van der Waals surface area contributed by atoms with Crippen LogP contribution >= 0.6 is 0 Å². The second kappa shape index (κ2) is 9.72. The van der Waals surface area contributed by atoms with Gasteiger partial charge in [0, 0.05) is 56.2 Å². The lowest BCUT2D eigenvalue weighted by Gasteiger charge is -2.22. The quantitative estimate of drug-likeness (QED) is 0.431. The van der Waals surface area contributed by atoms with Crippen molar-refractivity contribution in [3.63, 3.8) is 0 Å². The lowest BCUT2D eigenvalue weighted by Crippen LogP contribution is -2.33. The molecule has 6 nitrogen and oxygen atoms in total. The first-order chi connectivity index (χ1) is 18.4. The molecule has 0 aliphatic carbocycles. The van der Waals surface area contributed by atoms with E-state index in [0.29, 0.717) is 66.7 Å². The number of rotatable bonds is 5. The van der Waals surface area contributed by atoms with Crippen molar-refractivity contribution >= 4 is 16.7 Å². The van der Waals surface area contributed by atoms with Gasteiger partial charge in [0.15, 0.2) is 0 Å². The number of hydrogen-bond donors (Lipinski definition) is 1. The van der Waals surface area contributed by atoms with Crippen LogP contribution in [0.25, 0.3) is 10.8 Å². The fourth-order valence-corrected chi connectivity index (χ4v) is 5.79. The maximum absolute atomic E-state index is 14.8. The Morgan fingerprint density at radius 2 is 1.63 bits per heavy atom. The maximum Gasteiger partial charge on any atom is 0.272 e. The van der Waals surface area contributed by atoms with E-state index < -0.39 is 17.5 Å². The Bertz CT molecular complexity index is 1590. The summed E-state index contributed by atoms with van der Waals surface area (Å²) in [5.74, 6) is -1.66. The molecule has 2 saturated heterocycles. The largest absolute Gasteiger partial charge is 0.338 e. The zero-order chi connectivity index (χ0) is 26.4. The number of aromatic amines is 1. The molecule has 1 aromatic heterocycles. The summed E-state index contributed by atoms with van der Waals surface area (Å²) in [5.41, 5.74) is 1.54. The molecule has 0 spiro atoms. The number of fused-ring (bicyclic) bond motifs is 2. The van der Waals surface area contributed by atoms with E-state index in [9.17, 15) is 22.8 Å². The predicted molar refractivity (Wildman–Crippen MR) is 136 cm³/mol. The van der Waals surface area contributed by atoms with Gasteiger partial charge in [-0.2, -0.15) is 5.10 Å². The Labute approximate surface area is 216 Å². The maximum atomic E-state index is 14.8. The van der Waals surface area contributed by atoms with Gasteiger partial charge in [0.2, 0.25) is 0 Å². The molecule has 3 aromatic carbocycles. The molecule has 2 fully saturated rings. The Morgan fingerprint density at radius 1 is 0.895 bits per heavy atom. The zero-order valence-corrected chi connectivity index (χ0v) is 20.5. The van der Waals surface area contributed by atoms with Crippen molar-refractivity contribution in [2.75, 3.05) is 26.2 Å². The third-order valence-electron chi connectivity index (χ3n) is 7.67. The summed E-state index contributed by atoms with van der Waals surface area (Å²) in [6, 6.07) is 15.3. The van der Waals surface area contributed by atoms with Crippen molar-refractivity contribution in [1.29, 1.82) is 0 Å². The van der Waals surface area contributed by atoms with Crippen molar-refractivity contribution in [3.05, 3.63) is 111 Å². The third kappa shape index (κ3) is 4.58. The van der Waals surface area contributed by atoms with Gasteiger partial charge in [-0.1, -0.05) is 30.3 Å². The number of benzene rings is 3. The number of aromatic nitrogens is 2. The average molecular weight is 519 g/mol. The van der Waals surface area contributed by atoms with Crippen LogP contribution in [0.2, 0.25) is 0 Å². The van der Waals surface area contributed by atoms with Gasteiger partial charge in [-0.25, -0.2) is 18.3 Å². The number of nitrogens with zero attached hydrogens (tertiary/aromatic N) is 3. The van der Waals surface area contributed by atoms with E-state index in [1.807, 2.05) is 12.1 Å². The van der Waals surface area contributed by atoms with Gasteiger partial charge < -0.3 is 4.90 Å². The molecule has 1 amide bonds. The molecule has 1 N–H and O–H groups in total. The summed E-state index contributed by atoms with van der Waals surface area (Å²) in [6.45, 7) is 2.78. The first kappa shape index (κ1) is 24.4. The van der Waals surface area contributed by atoms with Crippen LogP contribution in [0, 0.1) is 29.3 Å².